The van der Waals surface area contributed by atoms with Crippen molar-refractivity contribution in [1.82, 2.24) is 0 Å². The first-order chi connectivity index (χ1) is 23.9. The molecule has 0 spiro atoms. The van der Waals surface area contributed by atoms with E-state index in [0.717, 1.165) is 22.3 Å². The third-order valence-corrected chi connectivity index (χ3v) is 12.4. The first-order valence-electron chi connectivity index (χ1n) is 16.2. The molecule has 0 saturated heterocycles. The standard InChI is InChI=1S/2C18H22O6S2/c2*1-4-14(16-10-13(3)6-8-18(16)26(22,23)24)11-15-9-12(2)5-7-17(15)25(19,20)21/h2*5-10,14H,4,11H2,1-3H3,(H,19,20,21)(H,22,23,24). The maximum atomic E-state index is 11.7. The van der Waals surface area contributed by atoms with Crippen molar-refractivity contribution in [1.29, 1.82) is 0 Å². The molecule has 0 bridgehead atoms. The molecule has 0 aliphatic carbocycles. The minimum absolute atomic E-state index is 0.184. The lowest BCUT2D eigenvalue weighted by Gasteiger charge is -2.20. The summed E-state index contributed by atoms with van der Waals surface area (Å²) in [6, 6.07) is 18.4. The highest BCUT2D eigenvalue weighted by atomic mass is 32.2. The first kappa shape index (κ1) is 42.9. The molecule has 2 atom stereocenters. The predicted molar refractivity (Wildman–Crippen MR) is 197 cm³/mol. The maximum Gasteiger partial charge on any atom is 0.294 e. The smallest absolute Gasteiger partial charge is 0.282 e. The molecule has 0 saturated carbocycles. The molecule has 4 rings (SSSR count). The van der Waals surface area contributed by atoms with Crippen molar-refractivity contribution in [2.24, 2.45) is 0 Å². The van der Waals surface area contributed by atoms with Gasteiger partial charge in [0.2, 0.25) is 0 Å². The number of aryl methyl sites for hydroxylation is 4. The summed E-state index contributed by atoms with van der Waals surface area (Å²) >= 11 is 0. The van der Waals surface area contributed by atoms with Crippen molar-refractivity contribution >= 4 is 40.5 Å². The monoisotopic (exact) mass is 796 g/mol. The largest absolute Gasteiger partial charge is 0.294 e. The molecule has 0 aromatic heterocycles. The van der Waals surface area contributed by atoms with Gasteiger partial charge in [-0.05, 0) is 112 Å². The minimum Gasteiger partial charge on any atom is -0.282 e. The Bertz CT molecular complexity index is 2220. The van der Waals surface area contributed by atoms with Crippen LogP contribution in [0.25, 0.3) is 0 Å². The highest BCUT2D eigenvalue weighted by Crippen LogP contribution is 2.34. The van der Waals surface area contributed by atoms with Gasteiger partial charge in [-0.1, -0.05) is 84.6 Å². The number of rotatable bonds is 12. The molecular formula is C36H44O12S4. The van der Waals surface area contributed by atoms with Gasteiger partial charge in [0.15, 0.2) is 0 Å². The Kier molecular flexibility index (Phi) is 13.8. The molecule has 2 unspecified atom stereocenters. The Morgan fingerprint density at radius 2 is 0.673 bits per heavy atom. The van der Waals surface area contributed by atoms with Gasteiger partial charge in [0.1, 0.15) is 0 Å². The van der Waals surface area contributed by atoms with Gasteiger partial charge in [0.25, 0.3) is 40.5 Å². The average molecular weight is 797 g/mol. The van der Waals surface area contributed by atoms with E-state index in [-0.39, 0.29) is 44.3 Å². The van der Waals surface area contributed by atoms with E-state index in [1.54, 1.807) is 76.2 Å². The number of hydrogen-bond acceptors (Lipinski definition) is 8. The predicted octanol–water partition coefficient (Wildman–Crippen LogP) is 7.07. The molecule has 4 aromatic carbocycles. The SMILES string of the molecule is CCC(Cc1cc(C)ccc1S(=O)(=O)O)c1cc(C)ccc1S(=O)(=O)O.CCC(Cc1cc(C)ccc1S(=O)(=O)O)c1cc(C)ccc1S(=O)(=O)O. The van der Waals surface area contributed by atoms with E-state index < -0.39 is 40.5 Å². The second-order valence-corrected chi connectivity index (χ2v) is 18.4. The third kappa shape index (κ3) is 11.3. The van der Waals surface area contributed by atoms with Crippen LogP contribution in [0.4, 0.5) is 0 Å². The molecule has 0 amide bonds. The second kappa shape index (κ2) is 16.7. The fourth-order valence-corrected chi connectivity index (χ4v) is 9.12. The van der Waals surface area contributed by atoms with Crippen LogP contribution in [0, 0.1) is 27.7 Å². The maximum absolute atomic E-state index is 11.7. The Balaban J connectivity index is 0.000000280. The van der Waals surface area contributed by atoms with Gasteiger partial charge >= 0.3 is 0 Å². The first-order valence-corrected chi connectivity index (χ1v) is 21.9. The average Bonchev–Trinajstić information content (AvgIpc) is 3.00. The van der Waals surface area contributed by atoms with Crippen molar-refractivity contribution in [3.63, 3.8) is 0 Å². The summed E-state index contributed by atoms with van der Waals surface area (Å²) in [5.74, 6) is -0.705. The molecular weight excluding hydrogens is 753 g/mol. The Labute approximate surface area is 307 Å². The summed E-state index contributed by atoms with van der Waals surface area (Å²) in [5.41, 5.74) is 4.96. The fourth-order valence-electron chi connectivity index (χ4n) is 6.16. The van der Waals surface area contributed by atoms with Gasteiger partial charge < -0.3 is 0 Å². The molecule has 0 heterocycles. The molecule has 0 radical (unpaired) electrons. The van der Waals surface area contributed by atoms with Crippen molar-refractivity contribution < 1.29 is 51.9 Å². The normalized spacial score (nSPS) is 13.6. The van der Waals surface area contributed by atoms with Crippen LogP contribution in [0.5, 0.6) is 0 Å². The van der Waals surface area contributed by atoms with Crippen molar-refractivity contribution in [3.05, 3.63) is 117 Å². The van der Waals surface area contributed by atoms with Crippen LogP contribution in [-0.2, 0) is 53.3 Å². The van der Waals surface area contributed by atoms with Crippen LogP contribution in [-0.4, -0.2) is 51.9 Å². The van der Waals surface area contributed by atoms with Crippen LogP contribution in [0.15, 0.2) is 92.4 Å². The van der Waals surface area contributed by atoms with Gasteiger partial charge in [-0.3, -0.25) is 18.2 Å². The van der Waals surface area contributed by atoms with Crippen molar-refractivity contribution in [2.75, 3.05) is 0 Å². The van der Waals surface area contributed by atoms with Crippen LogP contribution in [0.1, 0.15) is 83.0 Å². The van der Waals surface area contributed by atoms with Crippen LogP contribution >= 0.6 is 0 Å². The van der Waals surface area contributed by atoms with E-state index in [2.05, 4.69) is 0 Å². The highest BCUT2D eigenvalue weighted by Gasteiger charge is 2.26. The van der Waals surface area contributed by atoms with Crippen LogP contribution < -0.4 is 0 Å². The lowest BCUT2D eigenvalue weighted by molar-refractivity contribution is 0.476. The summed E-state index contributed by atoms with van der Waals surface area (Å²) < 4.78 is 132. The van der Waals surface area contributed by atoms with Gasteiger partial charge in [-0.2, -0.15) is 33.7 Å². The molecule has 12 nitrogen and oxygen atoms in total. The summed E-state index contributed by atoms with van der Waals surface area (Å²) in [4.78, 5) is -0.753. The van der Waals surface area contributed by atoms with E-state index >= 15 is 0 Å². The molecule has 284 valence electrons. The van der Waals surface area contributed by atoms with E-state index in [1.807, 2.05) is 13.8 Å². The topological polar surface area (TPSA) is 217 Å². The molecule has 16 heteroatoms. The summed E-state index contributed by atoms with van der Waals surface area (Å²) in [5, 5.41) is 0. The van der Waals surface area contributed by atoms with Crippen LogP contribution in [0.3, 0.4) is 0 Å². The zero-order valence-corrected chi connectivity index (χ0v) is 32.9. The Morgan fingerprint density at radius 3 is 0.923 bits per heavy atom. The van der Waals surface area contributed by atoms with Gasteiger partial charge in [-0.25, -0.2) is 0 Å². The zero-order valence-electron chi connectivity index (χ0n) is 29.6. The molecule has 0 aliphatic rings. The number of benzene rings is 4. The quantitative estimate of drug-likeness (QED) is 0.106. The fraction of sp³-hybridized carbons (Fsp3) is 0.333. The summed E-state index contributed by atoms with van der Waals surface area (Å²) in [6.45, 7) is 10.9. The molecule has 52 heavy (non-hydrogen) atoms. The van der Waals surface area contributed by atoms with E-state index in [0.29, 0.717) is 35.1 Å². The van der Waals surface area contributed by atoms with Gasteiger partial charge in [0.05, 0.1) is 19.6 Å². The van der Waals surface area contributed by atoms with E-state index in [4.69, 9.17) is 0 Å². The van der Waals surface area contributed by atoms with Crippen molar-refractivity contribution in [3.8, 4) is 0 Å². The molecule has 0 fully saturated rings. The van der Waals surface area contributed by atoms with Crippen molar-refractivity contribution in [2.45, 2.75) is 98.6 Å². The van der Waals surface area contributed by atoms with Gasteiger partial charge in [0, 0.05) is 0 Å². The second-order valence-electron chi connectivity index (χ2n) is 12.8. The van der Waals surface area contributed by atoms with Gasteiger partial charge in [-0.15, -0.1) is 0 Å². The van der Waals surface area contributed by atoms with E-state index in [9.17, 15) is 51.9 Å². The highest BCUT2D eigenvalue weighted by molar-refractivity contribution is 7.86. The number of hydrogen-bond donors (Lipinski definition) is 4. The third-order valence-electron chi connectivity index (χ3n) is 8.67. The molecule has 0 aliphatic heterocycles. The summed E-state index contributed by atoms with van der Waals surface area (Å²) in [6.07, 6.45) is 1.45. The summed E-state index contributed by atoms with van der Waals surface area (Å²) in [7, 11) is -17.6. The Morgan fingerprint density at radius 1 is 0.423 bits per heavy atom. The minimum atomic E-state index is -4.41. The molecule has 4 N–H and O–H groups in total. The molecule has 4 aromatic rings. The zero-order chi connectivity index (χ0) is 39.4. The lowest BCUT2D eigenvalue weighted by atomic mass is 9.88. The van der Waals surface area contributed by atoms with Crippen LogP contribution in [0.2, 0.25) is 0 Å². The lowest BCUT2D eigenvalue weighted by Crippen LogP contribution is -2.12. The van der Waals surface area contributed by atoms with E-state index in [1.165, 1.54) is 24.3 Å². The Hall–Kier alpha value is -3.48.